The smallest absolute Gasteiger partial charge is 0.262 e. The normalized spacial score (nSPS) is 12.9. The summed E-state index contributed by atoms with van der Waals surface area (Å²) in [5.74, 6) is 1.14. The molecule has 3 heterocycles. The van der Waals surface area contributed by atoms with E-state index in [2.05, 4.69) is 4.98 Å². The van der Waals surface area contributed by atoms with E-state index in [0.717, 1.165) is 10.2 Å². The second-order valence-corrected chi connectivity index (χ2v) is 9.46. The lowest BCUT2D eigenvalue weighted by atomic mass is 10.3. The summed E-state index contributed by atoms with van der Waals surface area (Å²) in [6, 6.07) is 5.33. The van der Waals surface area contributed by atoms with Gasteiger partial charge in [0.15, 0.2) is 16.6 Å². The van der Waals surface area contributed by atoms with E-state index in [0.29, 0.717) is 44.0 Å². The van der Waals surface area contributed by atoms with Gasteiger partial charge in [-0.1, -0.05) is 34.5 Å². The molecule has 0 fully saturated rings. The predicted molar refractivity (Wildman–Crippen MR) is 110 cm³/mol. The number of rotatable bonds is 5. The summed E-state index contributed by atoms with van der Waals surface area (Å²) in [4.78, 5) is 21.5. The van der Waals surface area contributed by atoms with E-state index in [1.807, 2.05) is 31.1 Å². The number of nitrogens with zero attached hydrogens (tertiary/aromatic N) is 3. The number of carbonyl (C=O) groups excluding carboxylic acids is 1. The zero-order chi connectivity index (χ0) is 19.1. The Hall–Kier alpha value is -1.58. The van der Waals surface area contributed by atoms with Crippen molar-refractivity contribution in [2.24, 2.45) is 0 Å². The predicted octanol–water partition coefficient (Wildman–Crippen LogP) is 4.60. The molecular weight excluding hydrogens is 429 g/mol. The highest BCUT2D eigenvalue weighted by atomic mass is 35.5. The number of thiophene rings is 1. The Balaban J connectivity index is 1.73. The minimum absolute atomic E-state index is 0.213. The van der Waals surface area contributed by atoms with Crippen LogP contribution in [0.3, 0.4) is 0 Å². The summed E-state index contributed by atoms with van der Waals surface area (Å²) in [7, 11) is 3.91. The van der Waals surface area contributed by atoms with Crippen LogP contribution in [0, 0.1) is 0 Å². The van der Waals surface area contributed by atoms with Crippen LogP contribution in [-0.2, 0) is 0 Å². The second-order valence-electron chi connectivity index (χ2n) is 6.17. The highest BCUT2D eigenvalue weighted by Gasteiger charge is 2.26. The van der Waals surface area contributed by atoms with Crippen LogP contribution in [0.1, 0.15) is 10.4 Å². The Morgan fingerprint density at radius 2 is 1.89 bits per heavy atom. The van der Waals surface area contributed by atoms with Gasteiger partial charge in [-0.05, 0) is 20.2 Å². The molecule has 10 heteroatoms. The monoisotopic (exact) mass is 443 g/mol. The highest BCUT2D eigenvalue weighted by molar-refractivity contribution is 7.22. The summed E-state index contributed by atoms with van der Waals surface area (Å²) in [5.41, 5.74) is 1.15. The van der Waals surface area contributed by atoms with Crippen LogP contribution >= 0.6 is 45.9 Å². The van der Waals surface area contributed by atoms with Crippen molar-refractivity contribution < 1.29 is 14.3 Å². The lowest BCUT2D eigenvalue weighted by Crippen LogP contribution is -2.36. The number of carbonyl (C=O) groups is 1. The van der Waals surface area contributed by atoms with Crippen molar-refractivity contribution in [3.8, 4) is 11.5 Å². The van der Waals surface area contributed by atoms with Gasteiger partial charge in [-0.2, -0.15) is 0 Å². The third-order valence-corrected chi connectivity index (χ3v) is 6.53. The first kappa shape index (κ1) is 18.8. The molecule has 0 N–H and O–H groups in total. The van der Waals surface area contributed by atoms with E-state index in [9.17, 15) is 4.79 Å². The van der Waals surface area contributed by atoms with Crippen LogP contribution in [0.25, 0.3) is 10.2 Å². The fraction of sp³-hybridized carbons (Fsp3) is 0.294. The Labute approximate surface area is 173 Å². The molecule has 4 rings (SSSR count). The van der Waals surface area contributed by atoms with Gasteiger partial charge >= 0.3 is 0 Å². The van der Waals surface area contributed by atoms with Gasteiger partial charge in [-0.25, -0.2) is 4.98 Å². The van der Waals surface area contributed by atoms with Gasteiger partial charge in [-0.3, -0.25) is 9.69 Å². The Morgan fingerprint density at radius 3 is 2.56 bits per heavy atom. The van der Waals surface area contributed by atoms with E-state index >= 15 is 0 Å². The number of anilines is 1. The minimum atomic E-state index is -0.218. The first-order chi connectivity index (χ1) is 12.9. The zero-order valence-electron chi connectivity index (χ0n) is 14.5. The Kier molecular flexibility index (Phi) is 5.17. The molecular formula is C17H15Cl2N3O3S2. The van der Waals surface area contributed by atoms with Crippen LogP contribution in [0.15, 0.2) is 18.2 Å². The molecule has 0 radical (unpaired) electrons. The van der Waals surface area contributed by atoms with E-state index in [4.69, 9.17) is 32.7 Å². The number of benzene rings is 1. The van der Waals surface area contributed by atoms with Crippen molar-refractivity contribution in [1.29, 1.82) is 0 Å². The standard InChI is InChI=1S/C17H15Cl2N3O3S2/c1-21(2)3-4-22(16(23)9-5-14(18)27-15(9)19)17-20-10-6-11-12(25-8-24-11)7-13(10)26-17/h5-7H,3-4,8H2,1-2H3. The summed E-state index contributed by atoms with van der Waals surface area (Å²) >= 11 is 14.8. The summed E-state index contributed by atoms with van der Waals surface area (Å²) in [6.45, 7) is 1.37. The fourth-order valence-corrected chi connectivity index (χ4v) is 5.09. The SMILES string of the molecule is CN(C)CCN(C(=O)c1cc(Cl)sc1Cl)c1nc2cc3c(cc2s1)OCO3. The number of aromatic nitrogens is 1. The summed E-state index contributed by atoms with van der Waals surface area (Å²) in [5, 5.41) is 0.596. The molecule has 0 atom stereocenters. The zero-order valence-corrected chi connectivity index (χ0v) is 17.6. The lowest BCUT2D eigenvalue weighted by molar-refractivity contribution is 0.0986. The van der Waals surface area contributed by atoms with Gasteiger partial charge in [0.1, 0.15) is 4.34 Å². The molecule has 0 saturated heterocycles. The molecule has 1 aromatic carbocycles. The molecule has 142 valence electrons. The number of amides is 1. The van der Waals surface area contributed by atoms with Gasteiger partial charge in [0.25, 0.3) is 5.91 Å². The molecule has 0 bridgehead atoms. The first-order valence-electron chi connectivity index (χ1n) is 8.04. The van der Waals surface area contributed by atoms with E-state index in [1.165, 1.54) is 22.7 Å². The van der Waals surface area contributed by atoms with Gasteiger partial charge in [0.05, 0.1) is 20.1 Å². The van der Waals surface area contributed by atoms with Gasteiger partial charge in [0.2, 0.25) is 6.79 Å². The third-order valence-electron chi connectivity index (χ3n) is 4.01. The van der Waals surface area contributed by atoms with Crippen molar-refractivity contribution in [2.45, 2.75) is 0 Å². The van der Waals surface area contributed by atoms with Crippen molar-refractivity contribution in [3.63, 3.8) is 0 Å². The van der Waals surface area contributed by atoms with E-state index in [-0.39, 0.29) is 12.7 Å². The number of hydrogen-bond donors (Lipinski definition) is 0. The number of ether oxygens (including phenoxy) is 2. The number of fused-ring (bicyclic) bond motifs is 2. The number of likely N-dealkylation sites (N-methyl/N-ethyl adjacent to an activating group) is 1. The van der Waals surface area contributed by atoms with Crippen molar-refractivity contribution in [2.75, 3.05) is 38.9 Å². The van der Waals surface area contributed by atoms with Crippen LogP contribution in [0.2, 0.25) is 8.67 Å². The number of halogens is 2. The van der Waals surface area contributed by atoms with Crippen molar-refractivity contribution >= 4 is 67.1 Å². The van der Waals surface area contributed by atoms with Gasteiger partial charge < -0.3 is 14.4 Å². The molecule has 6 nitrogen and oxygen atoms in total. The lowest BCUT2D eigenvalue weighted by Gasteiger charge is -2.21. The van der Waals surface area contributed by atoms with Crippen LogP contribution in [0.4, 0.5) is 5.13 Å². The summed E-state index contributed by atoms with van der Waals surface area (Å²) < 4.78 is 12.6. The molecule has 1 amide bonds. The Bertz CT molecular complexity index is 977. The van der Waals surface area contributed by atoms with Crippen LogP contribution in [0.5, 0.6) is 11.5 Å². The largest absolute Gasteiger partial charge is 0.454 e. The summed E-state index contributed by atoms with van der Waals surface area (Å²) in [6.07, 6.45) is 0. The molecule has 1 aliphatic heterocycles. The molecule has 27 heavy (non-hydrogen) atoms. The van der Waals surface area contributed by atoms with E-state index in [1.54, 1.807) is 11.0 Å². The molecule has 0 saturated carbocycles. The average Bonchev–Trinajstić information content (AvgIpc) is 3.30. The maximum atomic E-state index is 13.2. The maximum Gasteiger partial charge on any atom is 0.262 e. The maximum absolute atomic E-state index is 13.2. The molecule has 0 unspecified atom stereocenters. The topological polar surface area (TPSA) is 54.9 Å². The second kappa shape index (κ2) is 7.44. The number of hydrogen-bond acceptors (Lipinski definition) is 7. The molecule has 3 aromatic rings. The molecule has 0 aliphatic carbocycles. The molecule has 2 aromatic heterocycles. The Morgan fingerprint density at radius 1 is 1.15 bits per heavy atom. The van der Waals surface area contributed by atoms with Crippen LogP contribution < -0.4 is 14.4 Å². The van der Waals surface area contributed by atoms with E-state index < -0.39 is 0 Å². The first-order valence-corrected chi connectivity index (χ1v) is 10.4. The molecule has 0 spiro atoms. The van der Waals surface area contributed by atoms with Gasteiger partial charge in [-0.15, -0.1) is 11.3 Å². The van der Waals surface area contributed by atoms with Crippen molar-refractivity contribution in [3.05, 3.63) is 32.4 Å². The fourth-order valence-electron chi connectivity index (χ4n) is 2.64. The van der Waals surface area contributed by atoms with Gasteiger partial charge in [0, 0.05) is 25.2 Å². The van der Waals surface area contributed by atoms with Crippen LogP contribution in [-0.4, -0.2) is 49.8 Å². The highest BCUT2D eigenvalue weighted by Crippen LogP contribution is 2.40. The number of thiazole rings is 1. The van der Waals surface area contributed by atoms with Crippen molar-refractivity contribution in [1.82, 2.24) is 9.88 Å². The average molecular weight is 444 g/mol. The quantitative estimate of drug-likeness (QED) is 0.576. The molecule has 1 aliphatic rings. The minimum Gasteiger partial charge on any atom is -0.454 e. The third kappa shape index (κ3) is 3.72.